The highest BCUT2D eigenvalue weighted by Gasteiger charge is 2.41. The van der Waals surface area contributed by atoms with E-state index in [1.54, 1.807) is 24.3 Å². The number of carboxylic acid groups (broad SMARTS) is 1. The minimum absolute atomic E-state index is 0.0149. The molecule has 1 heterocycles. The summed E-state index contributed by atoms with van der Waals surface area (Å²) < 4.78 is 38.9. The lowest BCUT2D eigenvalue weighted by atomic mass is 9.79. The van der Waals surface area contributed by atoms with Gasteiger partial charge in [0, 0.05) is 43.1 Å². The Balaban J connectivity index is 1.86. The molecule has 1 fully saturated rings. The Labute approximate surface area is 166 Å². The summed E-state index contributed by atoms with van der Waals surface area (Å²) in [6.45, 7) is 0.0582. The van der Waals surface area contributed by atoms with Gasteiger partial charge < -0.3 is 19.5 Å². The Kier molecular flexibility index (Phi) is 6.00. The van der Waals surface area contributed by atoms with Crippen LogP contribution in [-0.4, -0.2) is 42.6 Å². The summed E-state index contributed by atoms with van der Waals surface area (Å²) in [7, 11) is 2.81. The average Bonchev–Trinajstić information content (AvgIpc) is 2.69. The number of benzene rings is 2. The monoisotopic (exact) mass is 405 g/mol. The van der Waals surface area contributed by atoms with E-state index in [2.05, 4.69) is 0 Å². The Morgan fingerprint density at radius 1 is 1.10 bits per heavy atom. The van der Waals surface area contributed by atoms with E-state index in [1.165, 1.54) is 19.1 Å². The SMILES string of the molecule is COc1ccc(CN2C[C@H](C(=O)O)[C@@H](c3c(F)cc(OC)cc3F)CC2=O)cc1. The van der Waals surface area contributed by atoms with Gasteiger partial charge in [0.1, 0.15) is 23.1 Å². The van der Waals surface area contributed by atoms with E-state index in [1.807, 2.05) is 0 Å². The Hall–Kier alpha value is -3.16. The number of hydrogen-bond donors (Lipinski definition) is 1. The zero-order valence-electron chi connectivity index (χ0n) is 16.0. The highest BCUT2D eigenvalue weighted by Crippen LogP contribution is 2.38. The van der Waals surface area contributed by atoms with Crippen LogP contribution in [0.1, 0.15) is 23.5 Å². The Bertz CT molecular complexity index is 893. The largest absolute Gasteiger partial charge is 0.497 e. The maximum atomic E-state index is 14.5. The number of piperidine rings is 1. The number of amides is 1. The summed E-state index contributed by atoms with van der Waals surface area (Å²) >= 11 is 0. The van der Waals surface area contributed by atoms with E-state index in [-0.39, 0.29) is 31.2 Å². The summed E-state index contributed by atoms with van der Waals surface area (Å²) in [5, 5.41) is 9.67. The van der Waals surface area contributed by atoms with Crippen molar-refractivity contribution in [2.45, 2.75) is 18.9 Å². The summed E-state index contributed by atoms with van der Waals surface area (Å²) in [5.41, 5.74) is 0.402. The van der Waals surface area contributed by atoms with Crippen LogP contribution in [0.3, 0.4) is 0 Å². The Morgan fingerprint density at radius 2 is 1.69 bits per heavy atom. The summed E-state index contributed by atoms with van der Waals surface area (Å²) in [4.78, 5) is 25.9. The van der Waals surface area contributed by atoms with Gasteiger partial charge in [-0.2, -0.15) is 0 Å². The van der Waals surface area contributed by atoms with Crippen LogP contribution in [0, 0.1) is 17.6 Å². The van der Waals surface area contributed by atoms with Crippen LogP contribution in [0.15, 0.2) is 36.4 Å². The zero-order valence-corrected chi connectivity index (χ0v) is 16.0. The van der Waals surface area contributed by atoms with Crippen molar-refractivity contribution in [2.75, 3.05) is 20.8 Å². The summed E-state index contributed by atoms with van der Waals surface area (Å²) in [6.07, 6.45) is -0.298. The maximum Gasteiger partial charge on any atom is 0.308 e. The molecule has 154 valence electrons. The van der Waals surface area contributed by atoms with Crippen LogP contribution in [0.2, 0.25) is 0 Å². The maximum absolute atomic E-state index is 14.5. The van der Waals surface area contributed by atoms with Gasteiger partial charge in [0.15, 0.2) is 0 Å². The minimum atomic E-state index is -1.21. The minimum Gasteiger partial charge on any atom is -0.497 e. The van der Waals surface area contributed by atoms with Crippen molar-refractivity contribution in [3.63, 3.8) is 0 Å². The number of rotatable bonds is 6. The average molecular weight is 405 g/mol. The van der Waals surface area contributed by atoms with Crippen molar-refractivity contribution in [1.82, 2.24) is 4.90 Å². The van der Waals surface area contributed by atoms with Crippen LogP contribution in [0.4, 0.5) is 8.78 Å². The van der Waals surface area contributed by atoms with Gasteiger partial charge in [0.2, 0.25) is 5.91 Å². The zero-order chi connectivity index (χ0) is 21.1. The number of carbonyl (C=O) groups is 2. The number of nitrogens with zero attached hydrogens (tertiary/aromatic N) is 1. The van der Waals surface area contributed by atoms with Crippen LogP contribution >= 0.6 is 0 Å². The van der Waals surface area contributed by atoms with Gasteiger partial charge in [0.25, 0.3) is 0 Å². The predicted molar refractivity (Wildman–Crippen MR) is 99.8 cm³/mol. The molecule has 3 rings (SSSR count). The molecule has 6 nitrogen and oxygen atoms in total. The molecule has 2 aromatic carbocycles. The molecule has 2 aromatic rings. The van der Waals surface area contributed by atoms with Crippen LogP contribution < -0.4 is 9.47 Å². The molecule has 8 heteroatoms. The molecule has 1 saturated heterocycles. The number of hydrogen-bond acceptors (Lipinski definition) is 4. The molecule has 0 radical (unpaired) electrons. The molecule has 0 bridgehead atoms. The van der Waals surface area contributed by atoms with E-state index in [0.717, 1.165) is 17.7 Å². The highest BCUT2D eigenvalue weighted by molar-refractivity contribution is 5.82. The van der Waals surface area contributed by atoms with Crippen molar-refractivity contribution in [2.24, 2.45) is 5.92 Å². The normalized spacial score (nSPS) is 19.2. The van der Waals surface area contributed by atoms with Crippen molar-refractivity contribution in [1.29, 1.82) is 0 Å². The fraction of sp³-hybridized carbons (Fsp3) is 0.333. The lowest BCUT2D eigenvalue weighted by Crippen LogP contribution is -2.46. The van der Waals surface area contributed by atoms with Gasteiger partial charge in [-0.25, -0.2) is 8.78 Å². The van der Waals surface area contributed by atoms with Crippen molar-refractivity contribution >= 4 is 11.9 Å². The number of methoxy groups -OCH3 is 2. The van der Waals surface area contributed by atoms with Crippen molar-refractivity contribution < 1.29 is 33.0 Å². The number of carboxylic acids is 1. The quantitative estimate of drug-likeness (QED) is 0.799. The molecule has 2 atom stereocenters. The third-order valence-corrected chi connectivity index (χ3v) is 5.16. The number of carbonyl (C=O) groups excluding carboxylic acids is 1. The van der Waals surface area contributed by atoms with Gasteiger partial charge in [-0.3, -0.25) is 9.59 Å². The Morgan fingerprint density at radius 3 is 2.21 bits per heavy atom. The number of ether oxygens (including phenoxy) is 2. The lowest BCUT2D eigenvalue weighted by molar-refractivity contribution is -0.149. The third kappa shape index (κ3) is 4.31. The van der Waals surface area contributed by atoms with E-state index in [9.17, 15) is 23.5 Å². The second-order valence-electron chi connectivity index (χ2n) is 6.88. The van der Waals surface area contributed by atoms with E-state index in [0.29, 0.717) is 5.75 Å². The first-order chi connectivity index (χ1) is 13.8. The van der Waals surface area contributed by atoms with Gasteiger partial charge in [0.05, 0.1) is 20.1 Å². The van der Waals surface area contributed by atoms with Crippen LogP contribution in [-0.2, 0) is 16.1 Å². The van der Waals surface area contributed by atoms with Gasteiger partial charge in [-0.05, 0) is 17.7 Å². The molecule has 1 amide bonds. The number of halogens is 2. The fourth-order valence-electron chi connectivity index (χ4n) is 3.62. The number of aliphatic carboxylic acids is 1. The van der Waals surface area contributed by atoms with Gasteiger partial charge >= 0.3 is 5.97 Å². The molecule has 0 aromatic heterocycles. The molecular weight excluding hydrogens is 384 g/mol. The fourth-order valence-corrected chi connectivity index (χ4v) is 3.62. The van der Waals surface area contributed by atoms with Gasteiger partial charge in [-0.1, -0.05) is 12.1 Å². The molecule has 0 unspecified atom stereocenters. The topological polar surface area (TPSA) is 76.1 Å². The van der Waals surface area contributed by atoms with Crippen molar-refractivity contribution in [3.05, 3.63) is 59.2 Å². The second-order valence-corrected chi connectivity index (χ2v) is 6.88. The first kappa shape index (κ1) is 20.6. The standard InChI is InChI=1S/C21H21F2NO5/c1-28-13-5-3-12(4-6-13)10-24-11-16(21(26)27)15(9-19(24)25)20-17(22)7-14(29-2)8-18(20)23/h3-8,15-16H,9-11H2,1-2H3,(H,26,27)/t15-,16-/m0/s1. The van der Waals surface area contributed by atoms with E-state index in [4.69, 9.17) is 9.47 Å². The summed E-state index contributed by atoms with van der Waals surface area (Å²) in [6, 6.07) is 9.01. The van der Waals surface area contributed by atoms with Crippen LogP contribution in [0.25, 0.3) is 0 Å². The molecule has 1 aliphatic rings. The molecule has 0 aliphatic carbocycles. The highest BCUT2D eigenvalue weighted by atomic mass is 19.1. The van der Waals surface area contributed by atoms with E-state index >= 15 is 0 Å². The third-order valence-electron chi connectivity index (χ3n) is 5.16. The lowest BCUT2D eigenvalue weighted by Gasteiger charge is -2.36. The molecule has 0 saturated carbocycles. The molecule has 29 heavy (non-hydrogen) atoms. The smallest absolute Gasteiger partial charge is 0.308 e. The predicted octanol–water partition coefficient (Wildman–Crippen LogP) is 3.20. The molecule has 1 N–H and O–H groups in total. The number of likely N-dealkylation sites (tertiary alicyclic amines) is 1. The van der Waals surface area contributed by atoms with Gasteiger partial charge in [-0.15, -0.1) is 0 Å². The molecule has 0 spiro atoms. The van der Waals surface area contributed by atoms with Crippen molar-refractivity contribution in [3.8, 4) is 11.5 Å². The molecule has 1 aliphatic heterocycles. The molecular formula is C21H21F2NO5. The summed E-state index contributed by atoms with van der Waals surface area (Å²) in [5.74, 6) is -5.01. The van der Waals surface area contributed by atoms with E-state index < -0.39 is 35.0 Å². The first-order valence-electron chi connectivity index (χ1n) is 9.00. The van der Waals surface area contributed by atoms with Crippen LogP contribution in [0.5, 0.6) is 11.5 Å². The first-order valence-corrected chi connectivity index (χ1v) is 9.00. The second kappa shape index (κ2) is 8.46.